The second-order valence-electron chi connectivity index (χ2n) is 6.69. The van der Waals surface area contributed by atoms with E-state index < -0.39 is 27.8 Å². The van der Waals surface area contributed by atoms with Crippen LogP contribution in [0.4, 0.5) is 5.69 Å². The highest BCUT2D eigenvalue weighted by molar-refractivity contribution is 7.89. The van der Waals surface area contributed by atoms with E-state index in [2.05, 4.69) is 5.32 Å². The fourth-order valence-electron chi connectivity index (χ4n) is 3.00. The van der Waals surface area contributed by atoms with Gasteiger partial charge in [-0.25, -0.2) is 12.7 Å². The quantitative estimate of drug-likeness (QED) is 0.660. The number of rotatable bonds is 8. The summed E-state index contributed by atoms with van der Waals surface area (Å²) in [6.45, 7) is 2.44. The molecule has 27 heavy (non-hydrogen) atoms. The predicted octanol–water partition coefficient (Wildman–Crippen LogP) is 2.71. The number of aliphatic carboxylic acids is 1. The monoisotopic (exact) mass is 394 g/mol. The summed E-state index contributed by atoms with van der Waals surface area (Å²) in [5.74, 6) is -2.75. The van der Waals surface area contributed by atoms with Crippen LogP contribution in [-0.4, -0.2) is 43.3 Å². The Labute approximate surface area is 160 Å². The minimum absolute atomic E-state index is 0.156. The Balaban J connectivity index is 2.08. The molecule has 0 bridgehead atoms. The Hall–Kier alpha value is -2.19. The predicted molar refractivity (Wildman–Crippen MR) is 103 cm³/mol. The zero-order valence-electron chi connectivity index (χ0n) is 15.6. The Bertz CT molecular complexity index is 802. The molecular weight excluding hydrogens is 368 g/mol. The van der Waals surface area contributed by atoms with Crippen LogP contribution in [0, 0.1) is 11.8 Å². The SMILES string of the molecule is CCCCN(C)S(=O)(=O)c1ccc(NC(=O)[C@@H]2CC=CC[C@@H]2C(=O)O)cc1. The molecule has 0 fully saturated rings. The molecule has 1 aliphatic carbocycles. The number of sulfonamides is 1. The van der Waals surface area contributed by atoms with Crippen molar-refractivity contribution in [2.75, 3.05) is 18.9 Å². The van der Waals surface area contributed by atoms with Gasteiger partial charge in [-0.15, -0.1) is 0 Å². The molecule has 0 spiro atoms. The molecule has 0 heterocycles. The van der Waals surface area contributed by atoms with Gasteiger partial charge in [-0.2, -0.15) is 0 Å². The molecule has 0 saturated carbocycles. The number of anilines is 1. The van der Waals surface area contributed by atoms with Crippen LogP contribution in [0.5, 0.6) is 0 Å². The maximum absolute atomic E-state index is 12.5. The van der Waals surface area contributed by atoms with Crippen LogP contribution in [0.1, 0.15) is 32.6 Å². The summed E-state index contributed by atoms with van der Waals surface area (Å²) in [5, 5.41) is 12.0. The molecule has 2 N–H and O–H groups in total. The van der Waals surface area contributed by atoms with Gasteiger partial charge in [-0.3, -0.25) is 9.59 Å². The zero-order valence-corrected chi connectivity index (χ0v) is 16.4. The summed E-state index contributed by atoms with van der Waals surface area (Å²) in [6, 6.07) is 5.94. The van der Waals surface area contributed by atoms with Crippen molar-refractivity contribution in [3.63, 3.8) is 0 Å². The molecule has 0 saturated heterocycles. The minimum atomic E-state index is -3.56. The standard InChI is InChI=1S/C19H26N2O5S/c1-3-4-13-21(2)27(25,26)15-11-9-14(10-12-15)20-18(22)16-7-5-6-8-17(16)19(23)24/h5-6,9-12,16-17H,3-4,7-8,13H2,1-2H3,(H,20,22)(H,23,24)/t16-,17+/m1/s1. The molecule has 7 nitrogen and oxygen atoms in total. The van der Waals surface area contributed by atoms with E-state index in [0.29, 0.717) is 25.1 Å². The number of benzene rings is 1. The van der Waals surface area contributed by atoms with E-state index in [1.165, 1.54) is 28.6 Å². The third-order valence-electron chi connectivity index (χ3n) is 4.74. The third kappa shape index (κ3) is 5.17. The molecule has 2 rings (SSSR count). The summed E-state index contributed by atoms with van der Waals surface area (Å²) < 4.78 is 26.3. The molecule has 0 unspecified atom stereocenters. The number of carbonyl (C=O) groups excluding carboxylic acids is 1. The average molecular weight is 394 g/mol. The molecule has 0 aromatic heterocycles. The number of hydrogen-bond donors (Lipinski definition) is 2. The number of carbonyl (C=O) groups is 2. The van der Waals surface area contributed by atoms with Crippen molar-refractivity contribution in [1.29, 1.82) is 0 Å². The van der Waals surface area contributed by atoms with E-state index in [9.17, 15) is 23.1 Å². The van der Waals surface area contributed by atoms with Gasteiger partial charge < -0.3 is 10.4 Å². The van der Waals surface area contributed by atoms with Crippen molar-refractivity contribution in [2.45, 2.75) is 37.5 Å². The minimum Gasteiger partial charge on any atom is -0.481 e. The normalized spacial score (nSPS) is 19.8. The second-order valence-corrected chi connectivity index (χ2v) is 8.73. The van der Waals surface area contributed by atoms with Crippen LogP contribution in [0.2, 0.25) is 0 Å². The summed E-state index contributed by atoms with van der Waals surface area (Å²) in [7, 11) is -2.02. The number of nitrogens with one attached hydrogen (secondary N) is 1. The number of carboxylic acids is 1. The smallest absolute Gasteiger partial charge is 0.307 e. The van der Waals surface area contributed by atoms with Crippen LogP contribution < -0.4 is 5.32 Å². The molecule has 1 aromatic carbocycles. The van der Waals surface area contributed by atoms with Crippen molar-refractivity contribution in [3.05, 3.63) is 36.4 Å². The summed E-state index contributed by atoms with van der Waals surface area (Å²) in [5.41, 5.74) is 0.439. The van der Waals surface area contributed by atoms with E-state index in [1.807, 2.05) is 13.0 Å². The van der Waals surface area contributed by atoms with Crippen molar-refractivity contribution in [3.8, 4) is 0 Å². The maximum Gasteiger partial charge on any atom is 0.307 e. The number of amides is 1. The number of carboxylic acid groups (broad SMARTS) is 1. The second kappa shape index (κ2) is 9.14. The van der Waals surface area contributed by atoms with Gasteiger partial charge >= 0.3 is 5.97 Å². The average Bonchev–Trinajstić information content (AvgIpc) is 2.66. The van der Waals surface area contributed by atoms with Gasteiger partial charge in [-0.05, 0) is 43.5 Å². The molecular formula is C19H26N2O5S. The highest BCUT2D eigenvalue weighted by atomic mass is 32.2. The zero-order chi connectivity index (χ0) is 20.0. The third-order valence-corrected chi connectivity index (χ3v) is 6.61. The molecule has 2 atom stereocenters. The summed E-state index contributed by atoms with van der Waals surface area (Å²) >= 11 is 0. The largest absolute Gasteiger partial charge is 0.481 e. The Morgan fingerprint density at radius 1 is 1.15 bits per heavy atom. The summed E-state index contributed by atoms with van der Waals surface area (Å²) in [4.78, 5) is 23.9. The fourth-order valence-corrected chi connectivity index (χ4v) is 4.21. The lowest BCUT2D eigenvalue weighted by atomic mass is 9.82. The van der Waals surface area contributed by atoms with Crippen molar-refractivity contribution in [2.24, 2.45) is 11.8 Å². The van der Waals surface area contributed by atoms with Gasteiger partial charge in [0.15, 0.2) is 0 Å². The Morgan fingerprint density at radius 3 is 2.30 bits per heavy atom. The molecule has 0 radical (unpaired) electrons. The lowest BCUT2D eigenvalue weighted by molar-refractivity contribution is -0.146. The Kier molecular flexibility index (Phi) is 7.15. The van der Waals surface area contributed by atoms with Crippen LogP contribution in [-0.2, 0) is 19.6 Å². The molecule has 1 aromatic rings. The molecule has 1 aliphatic rings. The number of allylic oxidation sites excluding steroid dienone is 2. The molecule has 1 amide bonds. The van der Waals surface area contributed by atoms with Crippen LogP contribution in [0.3, 0.4) is 0 Å². The first-order valence-electron chi connectivity index (χ1n) is 9.02. The van der Waals surface area contributed by atoms with Gasteiger partial charge in [-0.1, -0.05) is 25.5 Å². The highest BCUT2D eigenvalue weighted by Gasteiger charge is 2.34. The van der Waals surface area contributed by atoms with Crippen molar-refractivity contribution < 1.29 is 23.1 Å². The van der Waals surface area contributed by atoms with Crippen LogP contribution in [0.15, 0.2) is 41.3 Å². The molecule has 0 aliphatic heterocycles. The lowest BCUT2D eigenvalue weighted by Gasteiger charge is -2.24. The first-order valence-corrected chi connectivity index (χ1v) is 10.5. The first-order chi connectivity index (χ1) is 12.8. The van der Waals surface area contributed by atoms with E-state index in [-0.39, 0.29) is 10.8 Å². The molecule has 148 valence electrons. The topological polar surface area (TPSA) is 104 Å². The van der Waals surface area contributed by atoms with Crippen LogP contribution >= 0.6 is 0 Å². The van der Waals surface area contributed by atoms with E-state index >= 15 is 0 Å². The molecule has 8 heteroatoms. The van der Waals surface area contributed by atoms with Gasteiger partial charge in [0.1, 0.15) is 0 Å². The van der Waals surface area contributed by atoms with Gasteiger partial charge in [0.05, 0.1) is 16.7 Å². The number of unbranched alkanes of at least 4 members (excludes halogenated alkanes) is 1. The van der Waals surface area contributed by atoms with E-state index in [1.54, 1.807) is 13.1 Å². The van der Waals surface area contributed by atoms with Crippen molar-refractivity contribution in [1.82, 2.24) is 4.31 Å². The number of nitrogens with zero attached hydrogens (tertiary/aromatic N) is 1. The van der Waals surface area contributed by atoms with Crippen molar-refractivity contribution >= 4 is 27.6 Å². The summed E-state index contributed by atoms with van der Waals surface area (Å²) in [6.07, 6.45) is 5.97. The van der Waals surface area contributed by atoms with Gasteiger partial charge in [0.2, 0.25) is 15.9 Å². The highest BCUT2D eigenvalue weighted by Crippen LogP contribution is 2.27. The lowest BCUT2D eigenvalue weighted by Crippen LogP contribution is -2.34. The number of hydrogen-bond acceptors (Lipinski definition) is 4. The van der Waals surface area contributed by atoms with E-state index in [4.69, 9.17) is 0 Å². The van der Waals surface area contributed by atoms with E-state index in [0.717, 1.165) is 12.8 Å². The van der Waals surface area contributed by atoms with Crippen LogP contribution in [0.25, 0.3) is 0 Å². The Morgan fingerprint density at radius 2 is 1.74 bits per heavy atom. The first kappa shape index (κ1) is 21.1. The fraction of sp³-hybridized carbons (Fsp3) is 0.474. The maximum atomic E-state index is 12.5. The van der Waals surface area contributed by atoms with Gasteiger partial charge in [0.25, 0.3) is 0 Å². The van der Waals surface area contributed by atoms with Gasteiger partial charge in [0, 0.05) is 19.3 Å².